The highest BCUT2D eigenvalue weighted by atomic mass is 32.1. The predicted molar refractivity (Wildman–Crippen MR) is 133 cm³/mol. The number of amides is 1. The summed E-state index contributed by atoms with van der Waals surface area (Å²) < 4.78 is 6.92. The molecule has 2 atom stereocenters. The number of hydrogen-bond donors (Lipinski definition) is 3. The van der Waals surface area contributed by atoms with Gasteiger partial charge in [-0.2, -0.15) is 0 Å². The number of aryl methyl sites for hydroxylation is 1. The average Bonchev–Trinajstić information content (AvgIpc) is 3.22. The Labute approximate surface area is 203 Å². The van der Waals surface area contributed by atoms with E-state index in [0.29, 0.717) is 18.8 Å². The minimum absolute atomic E-state index is 0.0999. The molecule has 0 aliphatic carbocycles. The van der Waals surface area contributed by atoms with Crippen LogP contribution in [-0.2, 0) is 4.79 Å². The molecular formula is C25H32N4O4S. The van der Waals surface area contributed by atoms with Crippen molar-refractivity contribution in [2.75, 3.05) is 52.5 Å². The second kappa shape index (κ2) is 11.7. The number of β-amino-alcohol motifs (C(OH)–C–C–N with tert-alkyl or cyclic N) is 1. The number of aliphatic hydroxyl groups excluding tert-OH is 2. The zero-order valence-electron chi connectivity index (χ0n) is 19.4. The third-order valence-corrected chi connectivity index (χ3v) is 6.88. The van der Waals surface area contributed by atoms with Crippen LogP contribution in [-0.4, -0.2) is 89.5 Å². The van der Waals surface area contributed by atoms with Gasteiger partial charge >= 0.3 is 0 Å². The van der Waals surface area contributed by atoms with E-state index in [4.69, 9.17) is 4.74 Å². The Bertz CT molecular complexity index is 1070. The number of hydrogen-bond acceptors (Lipinski definition) is 8. The molecule has 0 saturated carbocycles. The highest BCUT2D eigenvalue weighted by Crippen LogP contribution is 2.25. The second-order valence-electron chi connectivity index (χ2n) is 8.62. The van der Waals surface area contributed by atoms with Crippen molar-refractivity contribution in [1.29, 1.82) is 0 Å². The Balaban J connectivity index is 1.16. The minimum atomic E-state index is -0.598. The lowest BCUT2D eigenvalue weighted by Gasteiger charge is -2.35. The molecule has 1 aliphatic rings. The monoisotopic (exact) mass is 484 g/mol. The molecule has 0 radical (unpaired) electrons. The van der Waals surface area contributed by atoms with Crippen LogP contribution >= 0.6 is 11.3 Å². The lowest BCUT2D eigenvalue weighted by Crippen LogP contribution is -2.51. The van der Waals surface area contributed by atoms with Gasteiger partial charge in [0.05, 0.1) is 34.4 Å². The first-order valence-corrected chi connectivity index (χ1v) is 12.4. The maximum absolute atomic E-state index is 12.5. The van der Waals surface area contributed by atoms with E-state index >= 15 is 0 Å². The quantitative estimate of drug-likeness (QED) is 0.404. The summed E-state index contributed by atoms with van der Waals surface area (Å²) in [6.45, 7) is 5.93. The zero-order chi connectivity index (χ0) is 23.9. The van der Waals surface area contributed by atoms with Gasteiger partial charge in [-0.1, -0.05) is 30.3 Å². The number of nitrogens with one attached hydrogen (secondary N) is 1. The van der Waals surface area contributed by atoms with Gasteiger partial charge in [0.1, 0.15) is 18.5 Å². The van der Waals surface area contributed by atoms with Gasteiger partial charge in [0.25, 0.3) is 0 Å². The maximum Gasteiger partial charge on any atom is 0.234 e. The lowest BCUT2D eigenvalue weighted by molar-refractivity contribution is -0.123. The smallest absolute Gasteiger partial charge is 0.234 e. The molecule has 34 heavy (non-hydrogen) atoms. The SMILES string of the molecule is Cc1nc2cc(OCC(O)CN3CCN(CC(=O)NC(CO)c4ccccc4)CC3)ccc2s1. The first-order chi connectivity index (χ1) is 16.5. The molecule has 182 valence electrons. The number of carbonyl (C=O) groups excluding carboxylic acids is 1. The van der Waals surface area contributed by atoms with Crippen LogP contribution in [0.3, 0.4) is 0 Å². The molecule has 1 aliphatic heterocycles. The summed E-state index contributed by atoms with van der Waals surface area (Å²) in [5.74, 6) is 0.612. The molecule has 2 aromatic carbocycles. The van der Waals surface area contributed by atoms with Crippen molar-refractivity contribution in [3.05, 3.63) is 59.1 Å². The summed E-state index contributed by atoms with van der Waals surface area (Å²) in [6.07, 6.45) is -0.598. The fourth-order valence-corrected chi connectivity index (χ4v) is 4.96. The number of aliphatic hydroxyl groups is 2. The van der Waals surface area contributed by atoms with Crippen molar-refractivity contribution >= 4 is 27.5 Å². The number of benzene rings is 2. The Kier molecular flexibility index (Phi) is 8.47. The van der Waals surface area contributed by atoms with E-state index in [0.717, 1.165) is 47.0 Å². The number of nitrogens with zero attached hydrogens (tertiary/aromatic N) is 3. The van der Waals surface area contributed by atoms with Gasteiger partial charge in [-0.25, -0.2) is 4.98 Å². The van der Waals surface area contributed by atoms with Gasteiger partial charge in [-0.3, -0.25) is 14.6 Å². The Morgan fingerprint density at radius 2 is 1.88 bits per heavy atom. The number of rotatable bonds is 10. The largest absolute Gasteiger partial charge is 0.491 e. The molecule has 0 spiro atoms. The van der Waals surface area contributed by atoms with Crippen LogP contribution in [0.15, 0.2) is 48.5 Å². The van der Waals surface area contributed by atoms with Crippen LogP contribution in [0.1, 0.15) is 16.6 Å². The first kappa shape index (κ1) is 24.6. The maximum atomic E-state index is 12.5. The van der Waals surface area contributed by atoms with Gasteiger partial charge < -0.3 is 20.3 Å². The molecule has 9 heteroatoms. The van der Waals surface area contributed by atoms with Crippen LogP contribution in [0, 0.1) is 6.92 Å². The zero-order valence-corrected chi connectivity index (χ0v) is 20.2. The third kappa shape index (κ3) is 6.74. The molecule has 0 bridgehead atoms. The van der Waals surface area contributed by atoms with Crippen LogP contribution in [0.5, 0.6) is 5.75 Å². The molecule has 1 aromatic heterocycles. The van der Waals surface area contributed by atoms with Gasteiger partial charge in [0.15, 0.2) is 0 Å². The number of ether oxygens (including phenoxy) is 1. The van der Waals surface area contributed by atoms with E-state index < -0.39 is 12.1 Å². The van der Waals surface area contributed by atoms with Gasteiger partial charge in [0, 0.05) is 38.8 Å². The molecule has 3 aromatic rings. The van der Waals surface area contributed by atoms with Gasteiger partial charge in [-0.05, 0) is 24.6 Å². The lowest BCUT2D eigenvalue weighted by atomic mass is 10.1. The standard InChI is InChI=1S/C25H32N4O4S/c1-18-26-22-13-21(7-8-24(22)34-18)33-17-20(31)14-28-9-11-29(12-10-28)15-25(32)27-23(16-30)19-5-3-2-4-6-19/h2-8,13,20,23,30-31H,9-12,14-17H2,1H3,(H,27,32). The number of piperazine rings is 1. The fourth-order valence-electron chi connectivity index (χ4n) is 4.15. The van der Waals surface area contributed by atoms with E-state index in [2.05, 4.69) is 20.1 Å². The van der Waals surface area contributed by atoms with Crippen molar-refractivity contribution in [1.82, 2.24) is 20.1 Å². The summed E-state index contributed by atoms with van der Waals surface area (Å²) >= 11 is 1.65. The summed E-state index contributed by atoms with van der Waals surface area (Å²) in [4.78, 5) is 21.2. The molecule has 3 N–H and O–H groups in total. The molecule has 2 heterocycles. The molecular weight excluding hydrogens is 452 g/mol. The van der Waals surface area contributed by atoms with Gasteiger partial charge in [-0.15, -0.1) is 11.3 Å². The Morgan fingerprint density at radius 3 is 2.62 bits per heavy atom. The summed E-state index contributed by atoms with van der Waals surface area (Å²) in [5.41, 5.74) is 1.81. The highest BCUT2D eigenvalue weighted by molar-refractivity contribution is 7.18. The van der Waals surface area contributed by atoms with E-state index in [1.807, 2.05) is 55.5 Å². The van der Waals surface area contributed by atoms with Crippen LogP contribution in [0.2, 0.25) is 0 Å². The summed E-state index contributed by atoms with van der Waals surface area (Å²) in [5, 5.41) is 24.0. The molecule has 8 nitrogen and oxygen atoms in total. The second-order valence-corrected chi connectivity index (χ2v) is 9.85. The van der Waals surface area contributed by atoms with Crippen molar-refractivity contribution in [2.24, 2.45) is 0 Å². The number of fused-ring (bicyclic) bond motifs is 1. The van der Waals surface area contributed by atoms with Crippen LogP contribution < -0.4 is 10.1 Å². The molecule has 1 fully saturated rings. The normalized spacial score (nSPS) is 16.9. The van der Waals surface area contributed by atoms with Crippen molar-refractivity contribution in [3.63, 3.8) is 0 Å². The Hall–Kier alpha value is -2.56. The minimum Gasteiger partial charge on any atom is -0.491 e. The highest BCUT2D eigenvalue weighted by Gasteiger charge is 2.22. The Morgan fingerprint density at radius 1 is 1.15 bits per heavy atom. The summed E-state index contributed by atoms with van der Waals surface area (Å²) in [6, 6.07) is 14.9. The number of thiazole rings is 1. The molecule has 2 unspecified atom stereocenters. The number of carbonyl (C=O) groups is 1. The van der Waals surface area contributed by atoms with Crippen LogP contribution in [0.4, 0.5) is 0 Å². The summed E-state index contributed by atoms with van der Waals surface area (Å²) in [7, 11) is 0. The number of aromatic nitrogens is 1. The predicted octanol–water partition coefficient (Wildman–Crippen LogP) is 1.81. The van der Waals surface area contributed by atoms with Crippen LogP contribution in [0.25, 0.3) is 10.2 Å². The van der Waals surface area contributed by atoms with E-state index in [9.17, 15) is 15.0 Å². The average molecular weight is 485 g/mol. The fraction of sp³-hybridized carbons (Fsp3) is 0.440. The third-order valence-electron chi connectivity index (χ3n) is 5.93. The van der Waals surface area contributed by atoms with E-state index in [-0.39, 0.29) is 19.1 Å². The van der Waals surface area contributed by atoms with Gasteiger partial charge in [0.2, 0.25) is 5.91 Å². The molecule has 1 amide bonds. The van der Waals surface area contributed by atoms with E-state index in [1.54, 1.807) is 11.3 Å². The van der Waals surface area contributed by atoms with E-state index in [1.165, 1.54) is 0 Å². The first-order valence-electron chi connectivity index (χ1n) is 11.6. The molecule has 4 rings (SSSR count). The topological polar surface area (TPSA) is 98.2 Å². The molecule has 1 saturated heterocycles. The van der Waals surface area contributed by atoms with Crippen molar-refractivity contribution < 1.29 is 19.7 Å². The van der Waals surface area contributed by atoms with Crippen molar-refractivity contribution in [2.45, 2.75) is 19.1 Å². The van der Waals surface area contributed by atoms with Crippen molar-refractivity contribution in [3.8, 4) is 5.75 Å².